The van der Waals surface area contributed by atoms with Gasteiger partial charge in [-0.25, -0.2) is 0 Å². The fourth-order valence-corrected chi connectivity index (χ4v) is 5.10. The van der Waals surface area contributed by atoms with Gasteiger partial charge < -0.3 is 0 Å². The topological polar surface area (TPSA) is 70.2 Å². The van der Waals surface area contributed by atoms with Crippen molar-refractivity contribution in [3.8, 4) is 0 Å². The third kappa shape index (κ3) is 5.52. The van der Waals surface area contributed by atoms with E-state index >= 15 is 0 Å². The molecule has 1 heterocycles. The van der Waals surface area contributed by atoms with E-state index in [0.29, 0.717) is 16.4 Å². The van der Waals surface area contributed by atoms with Gasteiger partial charge in [-0.3, -0.25) is 0 Å². The summed E-state index contributed by atoms with van der Waals surface area (Å²) in [5, 5.41) is 10.0. The Bertz CT molecular complexity index is 693. The van der Waals surface area contributed by atoms with Crippen molar-refractivity contribution >= 4 is 41.5 Å². The second kappa shape index (κ2) is 9.68. The molecule has 130 valence electrons. The molecule has 4 nitrogen and oxygen atoms in total. The van der Waals surface area contributed by atoms with E-state index in [4.69, 9.17) is 0 Å². The summed E-state index contributed by atoms with van der Waals surface area (Å²) >= 11 is -0.938. The van der Waals surface area contributed by atoms with Crippen molar-refractivity contribution in [2.45, 2.75) is 58.3 Å². The molecule has 1 atom stereocenters. The fourth-order valence-electron chi connectivity index (χ4n) is 2.88. The summed E-state index contributed by atoms with van der Waals surface area (Å²) in [7, 11) is 0. The van der Waals surface area contributed by atoms with Gasteiger partial charge in [0.15, 0.2) is 0 Å². The quantitative estimate of drug-likeness (QED) is 0.454. The molecule has 1 aromatic heterocycles. The van der Waals surface area contributed by atoms with Crippen molar-refractivity contribution in [2.24, 2.45) is 0 Å². The Morgan fingerprint density at radius 1 is 1.08 bits per heavy atom. The van der Waals surface area contributed by atoms with Crippen molar-refractivity contribution in [1.29, 1.82) is 0 Å². The molecule has 1 unspecified atom stereocenters. The van der Waals surface area contributed by atoms with Crippen LogP contribution in [0.4, 0.5) is 0 Å². The van der Waals surface area contributed by atoms with E-state index in [9.17, 15) is 14.7 Å². The van der Waals surface area contributed by atoms with Gasteiger partial charge >= 0.3 is 149 Å². The van der Waals surface area contributed by atoms with Gasteiger partial charge in [0.05, 0.1) is 0 Å². The van der Waals surface area contributed by atoms with Gasteiger partial charge in [0.2, 0.25) is 0 Å². The van der Waals surface area contributed by atoms with Crippen LogP contribution in [0.1, 0.15) is 68.6 Å². The zero-order valence-corrected chi connectivity index (χ0v) is 16.3. The standard InChI is InChI=1S/C19H26AsNO3/c1-2-3-4-5-6-7-8-9-18(22)20-14-12-16(19(23)24)15-10-11-21-17(15)13-14/h10-13,20-21H,2-9H2,1H3,(H,23,24). The molecule has 0 saturated carbocycles. The Morgan fingerprint density at radius 3 is 2.50 bits per heavy atom. The first-order valence-corrected chi connectivity index (χ1v) is 10.9. The molecule has 5 heteroatoms. The number of carbonyl (C=O) groups is 2. The molecule has 0 amide bonds. The van der Waals surface area contributed by atoms with Crippen molar-refractivity contribution < 1.29 is 14.7 Å². The second-order valence-corrected chi connectivity index (χ2v) is 9.09. The van der Waals surface area contributed by atoms with Crippen LogP contribution >= 0.6 is 0 Å². The van der Waals surface area contributed by atoms with Crippen LogP contribution < -0.4 is 4.35 Å². The summed E-state index contributed by atoms with van der Waals surface area (Å²) < 4.78 is 1.21. The zero-order valence-electron chi connectivity index (χ0n) is 14.2. The van der Waals surface area contributed by atoms with Crippen molar-refractivity contribution in [3.05, 3.63) is 30.0 Å². The molecule has 0 fully saturated rings. The van der Waals surface area contributed by atoms with Crippen molar-refractivity contribution in [2.75, 3.05) is 0 Å². The average molecular weight is 391 g/mol. The Kier molecular flexibility index (Phi) is 7.58. The summed E-state index contributed by atoms with van der Waals surface area (Å²) in [6.45, 7) is 2.21. The molecule has 0 aliphatic heterocycles. The van der Waals surface area contributed by atoms with E-state index in [2.05, 4.69) is 11.9 Å². The predicted molar refractivity (Wildman–Crippen MR) is 99.7 cm³/mol. The molecule has 24 heavy (non-hydrogen) atoms. The number of carboxylic acid groups (broad SMARTS) is 1. The molecule has 0 radical (unpaired) electrons. The number of H-pyrrole nitrogens is 1. The number of carboxylic acids is 1. The Balaban J connectivity index is 1.83. The van der Waals surface area contributed by atoms with Gasteiger partial charge in [-0.05, 0) is 0 Å². The van der Waals surface area contributed by atoms with Crippen LogP contribution in [0.5, 0.6) is 0 Å². The molecule has 1 aromatic carbocycles. The molecule has 0 bridgehead atoms. The third-order valence-corrected chi connectivity index (χ3v) is 6.51. The van der Waals surface area contributed by atoms with Gasteiger partial charge in [0, 0.05) is 0 Å². The number of aromatic carboxylic acids is 1. The van der Waals surface area contributed by atoms with Crippen LogP contribution in [0.15, 0.2) is 24.4 Å². The summed E-state index contributed by atoms with van der Waals surface area (Å²) in [5.41, 5.74) is 1.09. The van der Waals surface area contributed by atoms with Crippen LogP contribution in [0.3, 0.4) is 0 Å². The Labute approximate surface area is 149 Å². The van der Waals surface area contributed by atoms with Crippen LogP contribution in [0.2, 0.25) is 0 Å². The first kappa shape index (κ1) is 18.8. The van der Waals surface area contributed by atoms with E-state index in [1.807, 2.05) is 6.07 Å². The van der Waals surface area contributed by atoms with Crippen LogP contribution in [0.25, 0.3) is 10.9 Å². The summed E-state index contributed by atoms with van der Waals surface area (Å²) in [6, 6.07) is 5.38. The molecule has 0 spiro atoms. The number of hydrogen-bond acceptors (Lipinski definition) is 2. The van der Waals surface area contributed by atoms with Crippen molar-refractivity contribution in [3.63, 3.8) is 0 Å². The van der Waals surface area contributed by atoms with Gasteiger partial charge in [-0.15, -0.1) is 0 Å². The molecule has 2 aromatic rings. The summed E-state index contributed by atoms with van der Waals surface area (Å²) in [6.07, 6.45) is 10.8. The number of rotatable bonds is 11. The number of aromatic nitrogens is 1. The number of nitrogens with one attached hydrogen (secondary N) is 1. The molecule has 0 aliphatic carbocycles. The molecule has 0 saturated heterocycles. The van der Waals surface area contributed by atoms with E-state index in [1.165, 1.54) is 32.1 Å². The minimum atomic E-state index is -0.938. The maximum atomic E-state index is 12.2. The molecule has 0 aliphatic rings. The normalized spacial score (nSPS) is 11.5. The summed E-state index contributed by atoms with van der Waals surface area (Å²) in [4.78, 5) is 26.6. The number of fused-ring (bicyclic) bond motifs is 1. The first-order chi connectivity index (χ1) is 11.6. The van der Waals surface area contributed by atoms with Crippen LogP contribution in [-0.2, 0) is 4.79 Å². The Hall–Kier alpha value is -1.54. The fraction of sp³-hybridized carbons (Fsp3) is 0.474. The van der Waals surface area contributed by atoms with Crippen LogP contribution in [0, 0.1) is 0 Å². The number of aromatic amines is 1. The van der Waals surface area contributed by atoms with Gasteiger partial charge in [0.25, 0.3) is 0 Å². The average Bonchev–Trinajstić information content (AvgIpc) is 3.01. The summed E-state index contributed by atoms with van der Waals surface area (Å²) in [5.74, 6) is -0.937. The van der Waals surface area contributed by atoms with Gasteiger partial charge in [-0.1, -0.05) is 0 Å². The van der Waals surface area contributed by atoms with Crippen molar-refractivity contribution in [1.82, 2.24) is 4.98 Å². The van der Waals surface area contributed by atoms with Gasteiger partial charge in [-0.2, -0.15) is 0 Å². The number of hydrogen-bond donors (Lipinski definition) is 2. The van der Waals surface area contributed by atoms with E-state index in [0.717, 1.165) is 22.7 Å². The number of benzene rings is 1. The van der Waals surface area contributed by atoms with Crippen LogP contribution in [-0.4, -0.2) is 36.4 Å². The van der Waals surface area contributed by atoms with E-state index in [1.54, 1.807) is 18.3 Å². The van der Waals surface area contributed by atoms with Gasteiger partial charge in [0.1, 0.15) is 0 Å². The predicted octanol–water partition coefficient (Wildman–Crippen LogP) is 3.60. The number of unbranched alkanes of at least 4 members (excludes halogenated alkanes) is 6. The Morgan fingerprint density at radius 2 is 1.79 bits per heavy atom. The van der Waals surface area contributed by atoms with E-state index in [-0.39, 0.29) is 5.56 Å². The molecule has 2 rings (SSSR count). The minimum absolute atomic E-state index is 0.288. The monoisotopic (exact) mass is 391 g/mol. The third-order valence-electron chi connectivity index (χ3n) is 4.19. The molecular formula is C19H26AsNO3. The first-order valence-electron chi connectivity index (χ1n) is 8.76. The molecule has 2 N–H and O–H groups in total. The maximum absolute atomic E-state index is 12.2. The second-order valence-electron chi connectivity index (χ2n) is 6.19. The SMILES string of the molecule is CCCCCCCCCC(=O)[AsH]c1cc(C(=O)O)c2cc[nH]c2c1. The number of carbonyl (C=O) groups excluding carboxylic acids is 1. The van der Waals surface area contributed by atoms with E-state index < -0.39 is 21.7 Å². The molecular weight excluding hydrogens is 365 g/mol. The zero-order chi connectivity index (χ0) is 17.4.